The van der Waals surface area contributed by atoms with Gasteiger partial charge in [0.1, 0.15) is 5.75 Å². The molecule has 0 aliphatic carbocycles. The van der Waals surface area contributed by atoms with E-state index in [9.17, 15) is 18.0 Å². The largest absolute Gasteiger partial charge is 0.493 e. The van der Waals surface area contributed by atoms with E-state index < -0.39 is 17.7 Å². The number of aromatic nitrogens is 4. The molecule has 0 fully saturated rings. The predicted molar refractivity (Wildman–Crippen MR) is 124 cm³/mol. The van der Waals surface area contributed by atoms with Crippen LogP contribution in [0.5, 0.6) is 5.75 Å². The van der Waals surface area contributed by atoms with Gasteiger partial charge >= 0.3 is 12.1 Å². The second-order valence-corrected chi connectivity index (χ2v) is 8.35. The Morgan fingerprint density at radius 2 is 1.83 bits per heavy atom. The summed E-state index contributed by atoms with van der Waals surface area (Å²) in [7, 11) is 0. The van der Waals surface area contributed by atoms with Crippen LogP contribution in [0, 0.1) is 6.92 Å². The molecule has 0 bridgehead atoms. The van der Waals surface area contributed by atoms with Gasteiger partial charge in [0.05, 0.1) is 24.3 Å². The second-order valence-electron chi connectivity index (χ2n) is 8.35. The smallest absolute Gasteiger partial charge is 0.419 e. The van der Waals surface area contributed by atoms with Gasteiger partial charge in [-0.2, -0.15) is 18.3 Å². The highest BCUT2D eigenvalue weighted by Gasteiger charge is 2.31. The van der Waals surface area contributed by atoms with Gasteiger partial charge in [0.2, 0.25) is 5.95 Å². The minimum absolute atomic E-state index is 0.0749. The first-order valence-electron chi connectivity index (χ1n) is 11.5. The van der Waals surface area contributed by atoms with E-state index in [1.54, 1.807) is 18.3 Å². The Hall–Kier alpha value is -3.43. The van der Waals surface area contributed by atoms with Crippen LogP contribution in [0.2, 0.25) is 0 Å². The van der Waals surface area contributed by atoms with E-state index in [-0.39, 0.29) is 18.3 Å². The SMILES string of the molecule is CCC(CC)c1nn(-c2ncc(C(F)(F)F)cn2)cc1CCCOc1c(C)cccc1CC(=O)O. The van der Waals surface area contributed by atoms with E-state index in [2.05, 4.69) is 28.9 Å². The summed E-state index contributed by atoms with van der Waals surface area (Å²) in [6.45, 7) is 6.38. The molecule has 10 heteroatoms. The first kappa shape index (κ1) is 26.2. The Bertz CT molecular complexity index is 1140. The fourth-order valence-electron chi connectivity index (χ4n) is 3.98. The molecule has 3 aromatic rings. The average molecular weight is 491 g/mol. The van der Waals surface area contributed by atoms with E-state index >= 15 is 0 Å². The van der Waals surface area contributed by atoms with Crippen LogP contribution in [0.3, 0.4) is 0 Å². The van der Waals surface area contributed by atoms with Gasteiger partial charge in [-0.05, 0) is 43.7 Å². The third-order valence-electron chi connectivity index (χ3n) is 5.84. The first-order valence-corrected chi connectivity index (χ1v) is 11.5. The lowest BCUT2D eigenvalue weighted by Crippen LogP contribution is -2.09. The molecule has 2 heterocycles. The molecule has 0 saturated carbocycles. The topological polar surface area (TPSA) is 90.1 Å². The van der Waals surface area contributed by atoms with Crippen molar-refractivity contribution in [1.29, 1.82) is 0 Å². The lowest BCUT2D eigenvalue weighted by molar-refractivity contribution is -0.138. The molecule has 2 aromatic heterocycles. The summed E-state index contributed by atoms with van der Waals surface area (Å²) >= 11 is 0. The highest BCUT2D eigenvalue weighted by atomic mass is 19.4. The van der Waals surface area contributed by atoms with Crippen LogP contribution in [0.4, 0.5) is 13.2 Å². The number of para-hydroxylation sites is 1. The fourth-order valence-corrected chi connectivity index (χ4v) is 3.98. The summed E-state index contributed by atoms with van der Waals surface area (Å²) in [6.07, 6.45) is 1.67. The van der Waals surface area contributed by atoms with Gasteiger partial charge in [-0.25, -0.2) is 14.6 Å². The number of ether oxygens (including phenoxy) is 1. The van der Waals surface area contributed by atoms with Crippen molar-refractivity contribution in [2.75, 3.05) is 6.61 Å². The Morgan fingerprint density at radius 1 is 1.14 bits per heavy atom. The number of rotatable bonds is 11. The third kappa shape index (κ3) is 6.58. The normalized spacial score (nSPS) is 11.7. The molecular weight excluding hydrogens is 461 g/mol. The molecule has 0 spiro atoms. The van der Waals surface area contributed by atoms with Gasteiger partial charge in [-0.3, -0.25) is 4.79 Å². The number of aliphatic carboxylic acids is 1. The summed E-state index contributed by atoms with van der Waals surface area (Å²) < 4.78 is 45.9. The molecule has 35 heavy (non-hydrogen) atoms. The molecular formula is C25H29F3N4O3. The van der Waals surface area contributed by atoms with Crippen molar-refractivity contribution in [2.45, 2.75) is 65.0 Å². The first-order chi connectivity index (χ1) is 16.6. The van der Waals surface area contributed by atoms with Crippen molar-refractivity contribution in [3.05, 3.63) is 64.7 Å². The fraction of sp³-hybridized carbons (Fsp3) is 0.440. The summed E-state index contributed by atoms with van der Waals surface area (Å²) in [5.74, 6) is -0.0665. The van der Waals surface area contributed by atoms with E-state index in [1.165, 1.54) is 4.68 Å². The molecule has 188 valence electrons. The van der Waals surface area contributed by atoms with Gasteiger partial charge in [0.25, 0.3) is 0 Å². The lowest BCUT2D eigenvalue weighted by atomic mass is 9.95. The molecule has 1 N–H and O–H groups in total. The number of benzene rings is 1. The Labute approximate surface area is 202 Å². The highest BCUT2D eigenvalue weighted by Crippen LogP contribution is 2.29. The van der Waals surface area contributed by atoms with Crippen molar-refractivity contribution < 1.29 is 27.8 Å². The second kappa shape index (κ2) is 11.3. The summed E-state index contributed by atoms with van der Waals surface area (Å²) in [5, 5.41) is 13.8. The minimum Gasteiger partial charge on any atom is -0.493 e. The highest BCUT2D eigenvalue weighted by molar-refractivity contribution is 5.71. The van der Waals surface area contributed by atoms with E-state index in [4.69, 9.17) is 9.84 Å². The maximum Gasteiger partial charge on any atom is 0.419 e. The number of carboxylic acids is 1. The van der Waals surface area contributed by atoms with Crippen molar-refractivity contribution in [1.82, 2.24) is 19.7 Å². The number of alkyl halides is 3. The Kier molecular flexibility index (Phi) is 8.48. The molecule has 0 radical (unpaired) electrons. The molecule has 7 nitrogen and oxygen atoms in total. The van der Waals surface area contributed by atoms with Crippen molar-refractivity contribution in [2.24, 2.45) is 0 Å². The number of nitrogens with zero attached hydrogens (tertiary/aromatic N) is 4. The van der Waals surface area contributed by atoms with Gasteiger partial charge in [-0.1, -0.05) is 32.0 Å². The van der Waals surface area contributed by atoms with Gasteiger partial charge in [-0.15, -0.1) is 0 Å². The number of carbonyl (C=O) groups is 1. The van der Waals surface area contributed by atoms with Crippen LogP contribution in [0.1, 0.15) is 67.0 Å². The number of hydrogen-bond acceptors (Lipinski definition) is 5. The van der Waals surface area contributed by atoms with Crippen LogP contribution in [-0.4, -0.2) is 37.4 Å². The van der Waals surface area contributed by atoms with Gasteiger partial charge in [0, 0.05) is 30.1 Å². The molecule has 0 aliphatic rings. The van der Waals surface area contributed by atoms with Crippen LogP contribution in [0.15, 0.2) is 36.8 Å². The zero-order chi connectivity index (χ0) is 25.6. The molecule has 0 aliphatic heterocycles. The maximum atomic E-state index is 12.9. The Balaban J connectivity index is 1.76. The number of hydrogen-bond donors (Lipinski definition) is 1. The van der Waals surface area contributed by atoms with Gasteiger partial charge in [0.15, 0.2) is 0 Å². The van der Waals surface area contributed by atoms with E-state index in [0.29, 0.717) is 30.8 Å². The quantitative estimate of drug-likeness (QED) is 0.356. The zero-order valence-electron chi connectivity index (χ0n) is 20.0. The van der Waals surface area contributed by atoms with Crippen LogP contribution < -0.4 is 4.74 Å². The maximum absolute atomic E-state index is 12.9. The monoisotopic (exact) mass is 490 g/mol. The number of halogens is 3. The molecule has 3 rings (SSSR count). The predicted octanol–water partition coefficient (Wildman–Crippen LogP) is 5.53. The Morgan fingerprint density at radius 3 is 2.43 bits per heavy atom. The summed E-state index contributed by atoms with van der Waals surface area (Å²) in [5.41, 5.74) is 2.42. The van der Waals surface area contributed by atoms with Crippen LogP contribution >= 0.6 is 0 Å². The van der Waals surface area contributed by atoms with Crippen LogP contribution in [0.25, 0.3) is 5.95 Å². The van der Waals surface area contributed by atoms with E-state index in [1.807, 2.05) is 13.0 Å². The molecule has 0 atom stereocenters. The molecule has 0 amide bonds. The molecule has 1 aromatic carbocycles. The lowest BCUT2D eigenvalue weighted by Gasteiger charge is -2.14. The zero-order valence-corrected chi connectivity index (χ0v) is 20.0. The molecule has 0 saturated heterocycles. The summed E-state index contributed by atoms with van der Waals surface area (Å²) in [4.78, 5) is 18.9. The minimum atomic E-state index is -4.50. The standard InChI is InChI=1S/C25H29F3N4O3/c1-4-17(5-2)22-19(15-32(31-22)24-29-13-20(14-30-24)25(26,27)28)10-7-11-35-23-16(3)8-6-9-18(23)12-21(33)34/h6,8-9,13-15,17H,4-5,7,10-12H2,1-3H3,(H,33,34). The van der Waals surface area contributed by atoms with Crippen LogP contribution in [-0.2, 0) is 23.8 Å². The van der Waals surface area contributed by atoms with Gasteiger partial charge < -0.3 is 9.84 Å². The average Bonchev–Trinajstić information content (AvgIpc) is 3.22. The van der Waals surface area contributed by atoms with Crippen molar-refractivity contribution in [3.63, 3.8) is 0 Å². The van der Waals surface area contributed by atoms with Crippen molar-refractivity contribution in [3.8, 4) is 11.7 Å². The molecule has 0 unspecified atom stereocenters. The number of aryl methyl sites for hydroxylation is 2. The third-order valence-corrected chi connectivity index (χ3v) is 5.84. The van der Waals surface area contributed by atoms with E-state index in [0.717, 1.165) is 42.1 Å². The number of carboxylic acid groups (broad SMARTS) is 1. The summed E-state index contributed by atoms with van der Waals surface area (Å²) in [6, 6.07) is 5.43. The van der Waals surface area contributed by atoms with Crippen molar-refractivity contribution >= 4 is 5.97 Å².